The minimum atomic E-state index is -0.280. The van der Waals surface area contributed by atoms with Crippen molar-refractivity contribution in [3.63, 3.8) is 0 Å². The number of anilines is 1. The van der Waals surface area contributed by atoms with Crippen molar-refractivity contribution in [1.82, 2.24) is 10.3 Å². The predicted molar refractivity (Wildman–Crippen MR) is 135 cm³/mol. The molecule has 5 nitrogen and oxygen atoms in total. The Balaban J connectivity index is 1.59. The minimum Gasteiger partial charge on any atom is -0.495 e. The van der Waals surface area contributed by atoms with E-state index in [2.05, 4.69) is 10.3 Å². The fourth-order valence-corrected chi connectivity index (χ4v) is 4.73. The first-order chi connectivity index (χ1) is 16.0. The monoisotopic (exact) mass is 495 g/mol. The average Bonchev–Trinajstić information content (AvgIpc) is 3.44. The summed E-state index contributed by atoms with van der Waals surface area (Å²) in [6.07, 6.45) is 1.77. The summed E-state index contributed by atoms with van der Waals surface area (Å²) < 4.78 is 11.7. The summed E-state index contributed by atoms with van der Waals surface area (Å²) in [5.41, 5.74) is 2.62. The number of aromatic nitrogens is 1. The van der Waals surface area contributed by atoms with Gasteiger partial charge in [0, 0.05) is 22.5 Å². The zero-order valence-electron chi connectivity index (χ0n) is 17.5. The van der Waals surface area contributed by atoms with Crippen molar-refractivity contribution in [3.05, 3.63) is 100 Å². The molecule has 2 unspecified atom stereocenters. The number of pyridine rings is 1. The third kappa shape index (κ3) is 4.17. The van der Waals surface area contributed by atoms with Gasteiger partial charge in [0.25, 0.3) is 0 Å². The van der Waals surface area contributed by atoms with E-state index < -0.39 is 0 Å². The molecule has 1 N–H and O–H groups in total. The van der Waals surface area contributed by atoms with Crippen molar-refractivity contribution < 1.29 is 9.15 Å². The van der Waals surface area contributed by atoms with Crippen LogP contribution in [0.25, 0.3) is 11.3 Å². The number of hydrogen-bond donors (Lipinski definition) is 1. The first kappa shape index (κ1) is 21.8. The van der Waals surface area contributed by atoms with Gasteiger partial charge in [-0.15, -0.1) is 0 Å². The highest BCUT2D eigenvalue weighted by Crippen LogP contribution is 2.44. The third-order valence-corrected chi connectivity index (χ3v) is 6.42. The van der Waals surface area contributed by atoms with Gasteiger partial charge in [-0.2, -0.15) is 0 Å². The quantitative estimate of drug-likeness (QED) is 0.306. The van der Waals surface area contributed by atoms with Crippen LogP contribution in [-0.4, -0.2) is 17.2 Å². The lowest BCUT2D eigenvalue weighted by Gasteiger charge is -2.26. The number of halogens is 2. The lowest BCUT2D eigenvalue weighted by molar-refractivity contribution is 0.415. The molecule has 4 aromatic rings. The van der Waals surface area contributed by atoms with E-state index in [1.165, 1.54) is 0 Å². The van der Waals surface area contributed by atoms with Crippen LogP contribution in [0.2, 0.25) is 10.0 Å². The fraction of sp³-hybridized carbons (Fsp3) is 0.120. The zero-order valence-corrected chi connectivity index (χ0v) is 19.9. The van der Waals surface area contributed by atoms with Gasteiger partial charge in [0.15, 0.2) is 5.11 Å². The number of rotatable bonds is 5. The molecule has 3 heterocycles. The van der Waals surface area contributed by atoms with Gasteiger partial charge < -0.3 is 19.4 Å². The second kappa shape index (κ2) is 9.06. The van der Waals surface area contributed by atoms with E-state index >= 15 is 0 Å². The number of ether oxygens (including phenoxy) is 1. The molecule has 0 saturated carbocycles. The molecule has 0 radical (unpaired) electrons. The topological polar surface area (TPSA) is 50.5 Å². The SMILES string of the molecule is COc1ccc(N2C(=S)NC(c3ccccn3)C2c2ccc(-c3ccc(Cl)cc3)o2)cc1Cl. The Bertz CT molecular complexity index is 1290. The van der Waals surface area contributed by atoms with Crippen LogP contribution in [0.15, 0.2) is 83.4 Å². The molecular weight excluding hydrogens is 477 g/mol. The molecule has 0 spiro atoms. The molecule has 5 rings (SSSR count). The maximum atomic E-state index is 6.44. The summed E-state index contributed by atoms with van der Waals surface area (Å²) in [6.45, 7) is 0. The second-order valence-electron chi connectivity index (χ2n) is 7.52. The Morgan fingerprint density at radius 1 is 1.03 bits per heavy atom. The molecule has 0 aliphatic carbocycles. The number of hydrogen-bond acceptors (Lipinski definition) is 4. The highest BCUT2D eigenvalue weighted by molar-refractivity contribution is 7.80. The number of nitrogens with one attached hydrogen (secondary N) is 1. The molecule has 166 valence electrons. The van der Waals surface area contributed by atoms with Crippen LogP contribution >= 0.6 is 35.4 Å². The van der Waals surface area contributed by atoms with Crippen LogP contribution in [0.3, 0.4) is 0 Å². The summed E-state index contributed by atoms with van der Waals surface area (Å²) >= 11 is 18.2. The van der Waals surface area contributed by atoms with Crippen LogP contribution in [0, 0.1) is 0 Å². The molecule has 2 atom stereocenters. The fourth-order valence-electron chi connectivity index (χ4n) is 4.01. The molecule has 8 heteroatoms. The summed E-state index contributed by atoms with van der Waals surface area (Å²) in [7, 11) is 1.59. The van der Waals surface area contributed by atoms with Crippen LogP contribution in [0.1, 0.15) is 23.5 Å². The molecule has 1 saturated heterocycles. The maximum absolute atomic E-state index is 6.44. The number of nitrogens with zero attached hydrogens (tertiary/aromatic N) is 2. The van der Waals surface area contributed by atoms with Crippen molar-refractivity contribution in [2.75, 3.05) is 12.0 Å². The number of benzene rings is 2. The van der Waals surface area contributed by atoms with Crippen molar-refractivity contribution in [2.45, 2.75) is 12.1 Å². The van der Waals surface area contributed by atoms with Gasteiger partial charge in [-0.25, -0.2) is 0 Å². The largest absolute Gasteiger partial charge is 0.495 e. The first-order valence-electron chi connectivity index (χ1n) is 10.2. The van der Waals surface area contributed by atoms with Crippen molar-refractivity contribution in [3.8, 4) is 17.1 Å². The van der Waals surface area contributed by atoms with E-state index in [-0.39, 0.29) is 12.1 Å². The molecule has 0 amide bonds. The van der Waals surface area contributed by atoms with Crippen molar-refractivity contribution >= 4 is 46.2 Å². The van der Waals surface area contributed by atoms with Gasteiger partial charge in [-0.1, -0.05) is 29.3 Å². The smallest absolute Gasteiger partial charge is 0.174 e. The summed E-state index contributed by atoms with van der Waals surface area (Å²) in [5, 5.41) is 5.15. The van der Waals surface area contributed by atoms with Crippen LogP contribution in [0.4, 0.5) is 5.69 Å². The standard InChI is InChI=1S/C25H19Cl2N3O2S/c1-31-21-10-9-17(14-18(21)27)30-24(23(29-25(30)33)19-4-2-3-13-28-19)22-12-11-20(32-22)15-5-7-16(26)8-6-15/h2-14,23-24H,1H3,(H,29,33). The van der Waals surface area contributed by atoms with E-state index in [9.17, 15) is 0 Å². The zero-order chi connectivity index (χ0) is 22.9. The van der Waals surface area contributed by atoms with Crippen LogP contribution < -0.4 is 15.0 Å². The number of methoxy groups -OCH3 is 1. The molecular formula is C25H19Cl2N3O2S. The molecule has 1 fully saturated rings. The Hall–Kier alpha value is -3.06. The molecule has 2 aromatic heterocycles. The Labute approximate surface area is 206 Å². The Kier molecular flexibility index (Phi) is 5.98. The van der Waals surface area contributed by atoms with E-state index in [1.807, 2.05) is 77.7 Å². The molecule has 1 aliphatic heterocycles. The van der Waals surface area contributed by atoms with Crippen LogP contribution in [-0.2, 0) is 0 Å². The van der Waals surface area contributed by atoms with E-state index in [0.29, 0.717) is 20.9 Å². The lowest BCUT2D eigenvalue weighted by atomic mass is 10.0. The maximum Gasteiger partial charge on any atom is 0.174 e. The average molecular weight is 496 g/mol. The van der Waals surface area contributed by atoms with E-state index in [4.69, 9.17) is 44.6 Å². The van der Waals surface area contributed by atoms with Gasteiger partial charge in [-0.3, -0.25) is 4.98 Å². The number of furan rings is 1. The summed E-state index contributed by atoms with van der Waals surface area (Å²) in [4.78, 5) is 6.57. The molecule has 0 bridgehead atoms. The number of thiocarbonyl (C=S) groups is 1. The van der Waals surface area contributed by atoms with Gasteiger partial charge in [0.05, 0.1) is 23.9 Å². The lowest BCUT2D eigenvalue weighted by Crippen LogP contribution is -2.29. The van der Waals surface area contributed by atoms with Crippen molar-refractivity contribution in [1.29, 1.82) is 0 Å². The predicted octanol–water partition coefficient (Wildman–Crippen LogP) is 6.83. The normalized spacial score (nSPS) is 17.8. The molecule has 33 heavy (non-hydrogen) atoms. The second-order valence-corrected chi connectivity index (χ2v) is 8.75. The van der Waals surface area contributed by atoms with Gasteiger partial charge in [0.1, 0.15) is 23.3 Å². The summed E-state index contributed by atoms with van der Waals surface area (Å²) in [5.74, 6) is 2.08. The molecule has 2 aromatic carbocycles. The molecule has 1 aliphatic rings. The van der Waals surface area contributed by atoms with E-state index in [1.54, 1.807) is 13.3 Å². The van der Waals surface area contributed by atoms with Gasteiger partial charge in [-0.05, 0) is 78.9 Å². The third-order valence-electron chi connectivity index (χ3n) is 5.56. The minimum absolute atomic E-state index is 0.219. The van der Waals surface area contributed by atoms with Gasteiger partial charge >= 0.3 is 0 Å². The van der Waals surface area contributed by atoms with Gasteiger partial charge in [0.2, 0.25) is 0 Å². The summed E-state index contributed by atoms with van der Waals surface area (Å²) in [6, 6.07) is 22.4. The van der Waals surface area contributed by atoms with E-state index in [0.717, 1.165) is 28.5 Å². The first-order valence-corrected chi connectivity index (χ1v) is 11.4. The highest BCUT2D eigenvalue weighted by Gasteiger charge is 2.42. The van der Waals surface area contributed by atoms with Crippen LogP contribution in [0.5, 0.6) is 5.75 Å². The Morgan fingerprint density at radius 2 is 1.85 bits per heavy atom. The Morgan fingerprint density at radius 3 is 2.55 bits per heavy atom. The highest BCUT2D eigenvalue weighted by atomic mass is 35.5. The van der Waals surface area contributed by atoms with Crippen molar-refractivity contribution in [2.24, 2.45) is 0 Å².